The summed E-state index contributed by atoms with van der Waals surface area (Å²) in [4.78, 5) is 0. The Hall–Kier alpha value is -0.260. The van der Waals surface area contributed by atoms with Crippen molar-refractivity contribution in [1.82, 2.24) is 0 Å². The molecule has 0 aromatic rings. The molecule has 0 heteroatoms. The zero-order valence-electron chi connectivity index (χ0n) is 10.6. The Bertz CT molecular complexity index is 312. The summed E-state index contributed by atoms with van der Waals surface area (Å²) < 4.78 is 0. The Morgan fingerprint density at radius 2 is 2.07 bits per heavy atom. The van der Waals surface area contributed by atoms with Gasteiger partial charge in [-0.1, -0.05) is 32.4 Å². The Morgan fingerprint density at radius 3 is 2.73 bits per heavy atom. The molecule has 5 unspecified atom stereocenters. The van der Waals surface area contributed by atoms with Crippen LogP contribution in [0.4, 0.5) is 0 Å². The van der Waals surface area contributed by atoms with E-state index in [1.165, 1.54) is 19.3 Å². The van der Waals surface area contributed by atoms with Gasteiger partial charge in [-0.05, 0) is 61.2 Å². The smallest absolute Gasteiger partial charge is 0.0257 e. The van der Waals surface area contributed by atoms with Crippen molar-refractivity contribution in [3.05, 3.63) is 11.6 Å². The zero-order valence-corrected chi connectivity index (χ0v) is 10.6. The molecule has 0 radical (unpaired) electrons. The van der Waals surface area contributed by atoms with Crippen molar-refractivity contribution in [2.45, 2.75) is 47.0 Å². The summed E-state index contributed by atoms with van der Waals surface area (Å²) in [6, 6.07) is 0. The molecule has 2 saturated carbocycles. The lowest BCUT2D eigenvalue weighted by Gasteiger charge is -2.35. The number of rotatable bonds is 1. The van der Waals surface area contributed by atoms with Crippen molar-refractivity contribution in [1.29, 1.82) is 0 Å². The quantitative estimate of drug-likeness (QED) is 0.559. The Labute approximate surface area is 94.1 Å². The highest BCUT2D eigenvalue weighted by molar-refractivity contribution is 5.21. The average molecular weight is 204 g/mol. The molecule has 3 aliphatic carbocycles. The number of allylic oxidation sites excluding steroid dienone is 2. The first-order valence-electron chi connectivity index (χ1n) is 6.69. The Balaban J connectivity index is 1.92. The van der Waals surface area contributed by atoms with Crippen LogP contribution in [0.3, 0.4) is 0 Å². The van der Waals surface area contributed by atoms with Gasteiger partial charge in [-0.15, -0.1) is 0 Å². The molecule has 0 aliphatic heterocycles. The second-order valence-electron chi connectivity index (χ2n) is 6.90. The van der Waals surface area contributed by atoms with E-state index in [1.54, 1.807) is 5.57 Å². The van der Waals surface area contributed by atoms with Crippen LogP contribution in [0.2, 0.25) is 0 Å². The standard InChI is InChI=1S/C15H24/c1-9(2)14-11-7-10(3)5-6-12(11)15(4)8-13(14)15/h5,9,11-14H,6-8H2,1-4H3. The summed E-state index contributed by atoms with van der Waals surface area (Å²) in [5.74, 6) is 5.06. The van der Waals surface area contributed by atoms with Gasteiger partial charge in [-0.2, -0.15) is 0 Å². The van der Waals surface area contributed by atoms with Gasteiger partial charge in [0.15, 0.2) is 0 Å². The van der Waals surface area contributed by atoms with Gasteiger partial charge in [0.25, 0.3) is 0 Å². The maximum atomic E-state index is 2.56. The lowest BCUT2D eigenvalue weighted by Crippen LogP contribution is -2.27. The minimum Gasteiger partial charge on any atom is -0.0853 e. The molecule has 0 bridgehead atoms. The van der Waals surface area contributed by atoms with Crippen LogP contribution in [-0.4, -0.2) is 0 Å². The number of hydrogen-bond donors (Lipinski definition) is 0. The molecule has 3 rings (SSSR count). The maximum Gasteiger partial charge on any atom is -0.0257 e. The molecule has 3 aliphatic rings. The van der Waals surface area contributed by atoms with E-state index in [0.29, 0.717) is 0 Å². The highest BCUT2D eigenvalue weighted by Crippen LogP contribution is 2.74. The van der Waals surface area contributed by atoms with E-state index in [4.69, 9.17) is 0 Å². The minimum absolute atomic E-state index is 0.747. The second kappa shape index (κ2) is 2.90. The Kier molecular flexibility index (Phi) is 1.92. The van der Waals surface area contributed by atoms with Gasteiger partial charge < -0.3 is 0 Å². The van der Waals surface area contributed by atoms with Gasteiger partial charge in [0.1, 0.15) is 0 Å². The molecule has 0 aromatic heterocycles. The highest BCUT2D eigenvalue weighted by atomic mass is 14.7. The Morgan fingerprint density at radius 1 is 1.33 bits per heavy atom. The summed E-state index contributed by atoms with van der Waals surface area (Å²) in [5, 5.41) is 0. The molecule has 0 amide bonds. The zero-order chi connectivity index (χ0) is 10.8. The molecule has 0 N–H and O–H groups in total. The largest absolute Gasteiger partial charge is 0.0853 e. The summed E-state index contributed by atoms with van der Waals surface area (Å²) >= 11 is 0. The summed E-state index contributed by atoms with van der Waals surface area (Å²) in [5.41, 5.74) is 2.41. The third-order valence-electron chi connectivity index (χ3n) is 5.72. The fraction of sp³-hybridized carbons (Fsp3) is 0.867. The average Bonchev–Trinajstić information content (AvgIpc) is 2.72. The molecular formula is C15H24. The first kappa shape index (κ1) is 9.93. The topological polar surface area (TPSA) is 0 Å². The van der Waals surface area contributed by atoms with Crippen LogP contribution < -0.4 is 0 Å². The van der Waals surface area contributed by atoms with Crippen molar-refractivity contribution < 1.29 is 0 Å². The van der Waals surface area contributed by atoms with Gasteiger partial charge in [-0.25, -0.2) is 0 Å². The summed E-state index contributed by atoms with van der Waals surface area (Å²) in [6.45, 7) is 9.78. The second-order valence-corrected chi connectivity index (χ2v) is 6.90. The summed E-state index contributed by atoms with van der Waals surface area (Å²) in [6.07, 6.45) is 6.83. The molecule has 2 fully saturated rings. The molecule has 0 spiro atoms. The van der Waals surface area contributed by atoms with Gasteiger partial charge in [0, 0.05) is 0 Å². The maximum absolute atomic E-state index is 2.56. The van der Waals surface area contributed by atoms with Crippen molar-refractivity contribution in [2.24, 2.45) is 35.0 Å². The van der Waals surface area contributed by atoms with Crippen molar-refractivity contribution in [2.75, 3.05) is 0 Å². The third kappa shape index (κ3) is 1.20. The highest BCUT2D eigenvalue weighted by Gasteiger charge is 2.67. The number of hydrogen-bond acceptors (Lipinski definition) is 0. The van der Waals surface area contributed by atoms with Crippen LogP contribution in [-0.2, 0) is 0 Å². The van der Waals surface area contributed by atoms with Crippen LogP contribution in [0.5, 0.6) is 0 Å². The number of fused-ring (bicyclic) bond motifs is 3. The van der Waals surface area contributed by atoms with Crippen molar-refractivity contribution in [3.63, 3.8) is 0 Å². The van der Waals surface area contributed by atoms with E-state index in [2.05, 4.69) is 33.8 Å². The fourth-order valence-corrected chi connectivity index (χ4v) is 4.94. The summed E-state index contributed by atoms with van der Waals surface area (Å²) in [7, 11) is 0. The molecule has 0 heterocycles. The SMILES string of the molecule is CC1=CCC2C(C1)C(C(C)C)C1CC21C. The minimum atomic E-state index is 0.747. The van der Waals surface area contributed by atoms with E-state index in [-0.39, 0.29) is 0 Å². The molecule has 5 atom stereocenters. The van der Waals surface area contributed by atoms with Gasteiger partial charge in [0.05, 0.1) is 0 Å². The van der Waals surface area contributed by atoms with E-state index < -0.39 is 0 Å². The monoisotopic (exact) mass is 204 g/mol. The van der Waals surface area contributed by atoms with Crippen LogP contribution >= 0.6 is 0 Å². The van der Waals surface area contributed by atoms with Gasteiger partial charge >= 0.3 is 0 Å². The predicted octanol–water partition coefficient (Wildman–Crippen LogP) is 4.27. The first-order valence-corrected chi connectivity index (χ1v) is 6.69. The van der Waals surface area contributed by atoms with E-state index in [9.17, 15) is 0 Å². The van der Waals surface area contributed by atoms with Crippen LogP contribution in [0, 0.1) is 35.0 Å². The molecule has 0 saturated heterocycles. The molecule has 0 aromatic carbocycles. The molecular weight excluding hydrogens is 180 g/mol. The lowest BCUT2D eigenvalue weighted by atomic mass is 9.70. The van der Waals surface area contributed by atoms with Gasteiger partial charge in [-0.3, -0.25) is 0 Å². The van der Waals surface area contributed by atoms with Crippen LogP contribution in [0.1, 0.15) is 47.0 Å². The lowest BCUT2D eigenvalue weighted by molar-refractivity contribution is 0.183. The molecule has 15 heavy (non-hydrogen) atoms. The fourth-order valence-electron chi connectivity index (χ4n) is 4.94. The van der Waals surface area contributed by atoms with Crippen molar-refractivity contribution in [3.8, 4) is 0 Å². The third-order valence-corrected chi connectivity index (χ3v) is 5.72. The van der Waals surface area contributed by atoms with E-state index in [1.807, 2.05) is 0 Å². The molecule has 0 nitrogen and oxygen atoms in total. The van der Waals surface area contributed by atoms with E-state index in [0.717, 1.165) is 35.0 Å². The van der Waals surface area contributed by atoms with Crippen LogP contribution in [0.25, 0.3) is 0 Å². The van der Waals surface area contributed by atoms with Crippen molar-refractivity contribution >= 4 is 0 Å². The van der Waals surface area contributed by atoms with E-state index >= 15 is 0 Å². The molecule has 84 valence electrons. The first-order chi connectivity index (χ1) is 7.04. The predicted molar refractivity (Wildman–Crippen MR) is 64.5 cm³/mol. The normalized spacial score (nSPS) is 52.5. The van der Waals surface area contributed by atoms with Gasteiger partial charge in [0.2, 0.25) is 0 Å². The van der Waals surface area contributed by atoms with Crippen LogP contribution in [0.15, 0.2) is 11.6 Å².